The van der Waals surface area contributed by atoms with E-state index < -0.39 is 0 Å². The number of carbonyl (C=O) groups is 2. The van der Waals surface area contributed by atoms with Crippen LogP contribution in [0.3, 0.4) is 0 Å². The van der Waals surface area contributed by atoms with Crippen molar-refractivity contribution >= 4 is 17.5 Å². The third kappa shape index (κ3) is 4.43. The van der Waals surface area contributed by atoms with Gasteiger partial charge in [0, 0.05) is 30.3 Å². The second-order valence-corrected chi connectivity index (χ2v) is 6.79. The summed E-state index contributed by atoms with van der Waals surface area (Å²) >= 11 is 0. The molecule has 28 heavy (non-hydrogen) atoms. The van der Waals surface area contributed by atoms with Crippen LogP contribution in [0.5, 0.6) is 11.5 Å². The molecule has 1 aliphatic rings. The van der Waals surface area contributed by atoms with Gasteiger partial charge in [0.2, 0.25) is 0 Å². The van der Waals surface area contributed by atoms with Crippen LogP contribution in [0.25, 0.3) is 0 Å². The van der Waals surface area contributed by atoms with Gasteiger partial charge < -0.3 is 25.0 Å². The van der Waals surface area contributed by atoms with E-state index in [0.717, 1.165) is 25.3 Å². The van der Waals surface area contributed by atoms with Gasteiger partial charge in [-0.2, -0.15) is 0 Å². The fraction of sp³-hybridized carbons (Fsp3) is 0.333. The quantitative estimate of drug-likeness (QED) is 0.683. The highest BCUT2D eigenvalue weighted by atomic mass is 16.5. The Bertz CT molecular complexity index is 882. The number of fused-ring (bicyclic) bond motifs is 1. The average molecular weight is 384 g/mol. The molecule has 0 bridgehead atoms. The van der Waals surface area contributed by atoms with E-state index >= 15 is 0 Å². The van der Waals surface area contributed by atoms with Gasteiger partial charge in [-0.05, 0) is 35.9 Å². The topological polar surface area (TPSA) is 81.1 Å². The van der Waals surface area contributed by atoms with Crippen molar-refractivity contribution in [1.29, 1.82) is 0 Å². The number of hydrogen-bond donors (Lipinski definition) is 3. The Balaban J connectivity index is 1.64. The number of methoxy groups -OCH3 is 2. The number of carbonyl (C=O) groups excluding carboxylic acids is 2. The largest absolute Gasteiger partial charge is 0.493 e. The number of anilines is 1. The van der Waals surface area contributed by atoms with E-state index in [4.69, 9.17) is 9.47 Å². The monoisotopic (exact) mass is 384 g/mol. The van der Waals surface area contributed by atoms with Crippen LogP contribution in [0.1, 0.15) is 21.5 Å². The number of hydrogen-bond acceptors (Lipinski definition) is 4. The van der Waals surface area contributed by atoms with Crippen molar-refractivity contribution in [3.05, 3.63) is 53.1 Å². The van der Waals surface area contributed by atoms with Gasteiger partial charge >= 0.3 is 0 Å². The maximum Gasteiger partial charge on any atom is 0.279 e. The zero-order chi connectivity index (χ0) is 20.1. The molecule has 1 heterocycles. The van der Waals surface area contributed by atoms with E-state index in [9.17, 15) is 9.59 Å². The van der Waals surface area contributed by atoms with Crippen LogP contribution in [0.2, 0.25) is 0 Å². The third-order valence-corrected chi connectivity index (χ3v) is 4.94. The van der Waals surface area contributed by atoms with Gasteiger partial charge in [-0.1, -0.05) is 6.07 Å². The Morgan fingerprint density at radius 2 is 1.79 bits per heavy atom. The predicted molar refractivity (Wildman–Crippen MR) is 106 cm³/mol. The minimum atomic E-state index is -0.182. The van der Waals surface area contributed by atoms with Crippen LogP contribution in [-0.4, -0.2) is 46.2 Å². The Morgan fingerprint density at radius 3 is 2.46 bits per heavy atom. The summed E-state index contributed by atoms with van der Waals surface area (Å²) in [6.07, 6.45) is 0.879. The van der Waals surface area contributed by atoms with Gasteiger partial charge in [0.15, 0.2) is 18.0 Å². The molecule has 0 saturated heterocycles. The van der Waals surface area contributed by atoms with E-state index in [-0.39, 0.29) is 11.8 Å². The second-order valence-electron chi connectivity index (χ2n) is 6.79. The summed E-state index contributed by atoms with van der Waals surface area (Å²) in [5, 5.41) is 5.47. The first-order valence-electron chi connectivity index (χ1n) is 9.23. The molecule has 0 radical (unpaired) electrons. The van der Waals surface area contributed by atoms with Gasteiger partial charge in [-0.3, -0.25) is 9.59 Å². The van der Waals surface area contributed by atoms with E-state index in [1.165, 1.54) is 16.0 Å². The molecular weight excluding hydrogens is 358 g/mol. The van der Waals surface area contributed by atoms with Crippen LogP contribution in [-0.2, 0) is 17.8 Å². The van der Waals surface area contributed by atoms with Gasteiger partial charge in [-0.25, -0.2) is 0 Å². The van der Waals surface area contributed by atoms with Crippen molar-refractivity contribution in [3.63, 3.8) is 0 Å². The van der Waals surface area contributed by atoms with E-state index in [1.807, 2.05) is 12.1 Å². The molecule has 0 spiro atoms. The molecule has 0 aromatic heterocycles. The first kappa shape index (κ1) is 19.7. The molecule has 2 amide bonds. The SMILES string of the molecule is CNC(=O)c1cccc(NC(=O)C[NH+]2CCc3cc(OC)c(OC)cc3C2)c1. The highest BCUT2D eigenvalue weighted by molar-refractivity contribution is 5.97. The van der Waals surface area contributed by atoms with E-state index in [0.29, 0.717) is 23.5 Å². The lowest BCUT2D eigenvalue weighted by molar-refractivity contribution is -0.907. The zero-order valence-electron chi connectivity index (χ0n) is 16.4. The molecule has 2 aromatic rings. The highest BCUT2D eigenvalue weighted by Crippen LogP contribution is 2.31. The maximum atomic E-state index is 12.5. The molecule has 1 aliphatic heterocycles. The van der Waals surface area contributed by atoms with Crippen LogP contribution >= 0.6 is 0 Å². The number of nitrogens with one attached hydrogen (secondary N) is 3. The molecule has 148 valence electrons. The number of rotatable bonds is 6. The lowest BCUT2D eigenvalue weighted by atomic mass is 9.99. The fourth-order valence-corrected chi connectivity index (χ4v) is 3.50. The summed E-state index contributed by atoms with van der Waals surface area (Å²) in [5.41, 5.74) is 3.54. The Morgan fingerprint density at radius 1 is 1.07 bits per heavy atom. The summed E-state index contributed by atoms with van der Waals surface area (Å²) < 4.78 is 10.8. The highest BCUT2D eigenvalue weighted by Gasteiger charge is 2.24. The second kappa shape index (κ2) is 8.75. The van der Waals surface area contributed by atoms with Crippen LogP contribution < -0.4 is 25.0 Å². The number of benzene rings is 2. The summed E-state index contributed by atoms with van der Waals surface area (Å²) in [5.74, 6) is 1.18. The average Bonchev–Trinajstić information content (AvgIpc) is 2.72. The lowest BCUT2D eigenvalue weighted by Crippen LogP contribution is -3.12. The Hall–Kier alpha value is -3.06. The molecule has 7 heteroatoms. The molecule has 1 unspecified atom stereocenters. The predicted octanol–water partition coefficient (Wildman–Crippen LogP) is 0.643. The molecule has 7 nitrogen and oxygen atoms in total. The number of quaternary nitrogens is 1. The minimum Gasteiger partial charge on any atom is -0.493 e. The third-order valence-electron chi connectivity index (χ3n) is 4.94. The lowest BCUT2D eigenvalue weighted by Gasteiger charge is -2.26. The zero-order valence-corrected chi connectivity index (χ0v) is 16.4. The van der Waals surface area contributed by atoms with Crippen LogP contribution in [0.15, 0.2) is 36.4 Å². The van der Waals surface area contributed by atoms with Crippen molar-refractivity contribution in [2.45, 2.75) is 13.0 Å². The summed E-state index contributed by atoms with van der Waals surface area (Å²) in [6.45, 7) is 1.98. The Kier molecular flexibility index (Phi) is 6.16. The van der Waals surface area contributed by atoms with Gasteiger partial charge in [0.25, 0.3) is 11.8 Å². The normalized spacial score (nSPS) is 15.3. The van der Waals surface area contributed by atoms with Crippen LogP contribution in [0.4, 0.5) is 5.69 Å². The summed E-state index contributed by atoms with van der Waals surface area (Å²) in [4.78, 5) is 25.4. The minimum absolute atomic E-state index is 0.0759. The number of ether oxygens (including phenoxy) is 2. The molecule has 3 rings (SSSR count). The smallest absolute Gasteiger partial charge is 0.279 e. The van der Waals surface area contributed by atoms with E-state index in [2.05, 4.69) is 10.6 Å². The first-order chi connectivity index (χ1) is 13.5. The molecule has 0 fully saturated rings. The van der Waals surface area contributed by atoms with Crippen molar-refractivity contribution in [2.75, 3.05) is 39.7 Å². The van der Waals surface area contributed by atoms with Crippen LogP contribution in [0, 0.1) is 0 Å². The standard InChI is InChI=1S/C21H25N3O4/c1-22-21(26)15-5-4-6-17(9-15)23-20(25)13-24-8-7-14-10-18(27-2)19(28-3)11-16(14)12-24/h4-6,9-11H,7-8,12-13H2,1-3H3,(H,22,26)(H,23,25)/p+1. The van der Waals surface area contributed by atoms with Crippen molar-refractivity contribution < 1.29 is 24.0 Å². The molecule has 0 aliphatic carbocycles. The Labute approximate surface area is 164 Å². The fourth-order valence-electron chi connectivity index (χ4n) is 3.50. The van der Waals surface area contributed by atoms with Gasteiger partial charge in [0.05, 0.1) is 20.8 Å². The first-order valence-corrected chi connectivity index (χ1v) is 9.23. The number of amides is 2. The summed E-state index contributed by atoms with van der Waals surface area (Å²) in [6, 6.07) is 10.9. The van der Waals surface area contributed by atoms with E-state index in [1.54, 1.807) is 45.5 Å². The molecule has 0 saturated carbocycles. The molecule has 3 N–H and O–H groups in total. The molecular formula is C21H26N3O4+. The molecule has 1 atom stereocenters. The maximum absolute atomic E-state index is 12.5. The molecule has 2 aromatic carbocycles. The van der Waals surface area contributed by atoms with Gasteiger partial charge in [-0.15, -0.1) is 0 Å². The van der Waals surface area contributed by atoms with Crippen molar-refractivity contribution in [2.24, 2.45) is 0 Å². The van der Waals surface area contributed by atoms with Gasteiger partial charge in [0.1, 0.15) is 6.54 Å². The van der Waals surface area contributed by atoms with Crippen molar-refractivity contribution in [3.8, 4) is 11.5 Å². The summed E-state index contributed by atoms with van der Waals surface area (Å²) in [7, 11) is 4.84. The van der Waals surface area contributed by atoms with Crippen molar-refractivity contribution in [1.82, 2.24) is 5.32 Å².